The van der Waals surface area contributed by atoms with Gasteiger partial charge in [0.25, 0.3) is 0 Å². The molecule has 0 aliphatic heterocycles. The van der Waals surface area contributed by atoms with Crippen molar-refractivity contribution in [3.05, 3.63) is 57.6 Å². The molecule has 2 aromatic rings. The van der Waals surface area contributed by atoms with E-state index >= 15 is 0 Å². The second kappa shape index (κ2) is 6.29. The quantitative estimate of drug-likeness (QED) is 0.921. The van der Waals surface area contributed by atoms with Gasteiger partial charge in [-0.2, -0.15) is 0 Å². The summed E-state index contributed by atoms with van der Waals surface area (Å²) in [5.41, 5.74) is 2.60. The van der Waals surface area contributed by atoms with E-state index in [4.69, 9.17) is 9.47 Å². The summed E-state index contributed by atoms with van der Waals surface area (Å²) >= 11 is 3.43. The van der Waals surface area contributed by atoms with Gasteiger partial charge in [0.15, 0.2) is 0 Å². The van der Waals surface area contributed by atoms with Crippen molar-refractivity contribution in [2.24, 2.45) is 0 Å². The highest BCUT2D eigenvalue weighted by Crippen LogP contribution is 2.34. The lowest BCUT2D eigenvalue weighted by molar-refractivity contribution is 0.213. The first kappa shape index (κ1) is 14.9. The number of ether oxygens (including phenoxy) is 2. The van der Waals surface area contributed by atoms with Crippen molar-refractivity contribution in [1.29, 1.82) is 0 Å². The number of rotatable bonds is 4. The summed E-state index contributed by atoms with van der Waals surface area (Å²) in [6, 6.07) is 11.2. The van der Waals surface area contributed by atoms with E-state index in [1.165, 1.54) is 0 Å². The molecule has 106 valence electrons. The second-order valence-electron chi connectivity index (χ2n) is 4.51. The van der Waals surface area contributed by atoms with Gasteiger partial charge in [0, 0.05) is 16.1 Å². The van der Waals surface area contributed by atoms with Crippen LogP contribution in [0.3, 0.4) is 0 Å². The Bertz CT molecular complexity index is 611. The monoisotopic (exact) mass is 336 g/mol. The van der Waals surface area contributed by atoms with Gasteiger partial charge < -0.3 is 14.6 Å². The molecule has 1 N–H and O–H groups in total. The first-order chi connectivity index (χ1) is 9.56. The van der Waals surface area contributed by atoms with Crippen LogP contribution in [0.4, 0.5) is 0 Å². The van der Waals surface area contributed by atoms with E-state index in [2.05, 4.69) is 15.9 Å². The van der Waals surface area contributed by atoms with Gasteiger partial charge in [0.1, 0.15) is 17.6 Å². The maximum absolute atomic E-state index is 10.6. The number of benzene rings is 2. The minimum absolute atomic E-state index is 0.610. The summed E-state index contributed by atoms with van der Waals surface area (Å²) in [4.78, 5) is 0. The highest BCUT2D eigenvalue weighted by Gasteiger charge is 2.18. The third-order valence-corrected chi connectivity index (χ3v) is 3.75. The average Bonchev–Trinajstić information content (AvgIpc) is 2.46. The highest BCUT2D eigenvalue weighted by molar-refractivity contribution is 9.10. The Kier molecular flexibility index (Phi) is 4.68. The maximum atomic E-state index is 10.6. The van der Waals surface area contributed by atoms with Gasteiger partial charge in [-0.1, -0.05) is 22.0 Å². The number of aliphatic hydroxyl groups excluding tert-OH is 1. The zero-order valence-electron chi connectivity index (χ0n) is 11.7. The number of aliphatic hydroxyl groups is 1. The molecule has 0 aliphatic carbocycles. The largest absolute Gasteiger partial charge is 0.497 e. The van der Waals surface area contributed by atoms with E-state index in [0.29, 0.717) is 11.5 Å². The molecule has 0 radical (unpaired) electrons. The van der Waals surface area contributed by atoms with Crippen LogP contribution in [0.5, 0.6) is 11.5 Å². The predicted molar refractivity (Wildman–Crippen MR) is 82.5 cm³/mol. The molecular weight excluding hydrogens is 320 g/mol. The lowest BCUT2D eigenvalue weighted by Crippen LogP contribution is -2.04. The standard InChI is InChI=1S/C16H17BrO3/c1-10-8-11(17)4-6-13(10)16(18)14-7-5-12(19-2)9-15(14)20-3/h4-9,16,18H,1-3H3. The van der Waals surface area contributed by atoms with Crippen molar-refractivity contribution in [1.82, 2.24) is 0 Å². The van der Waals surface area contributed by atoms with Gasteiger partial charge >= 0.3 is 0 Å². The van der Waals surface area contributed by atoms with Crippen LogP contribution < -0.4 is 9.47 Å². The molecule has 0 heterocycles. The summed E-state index contributed by atoms with van der Waals surface area (Å²) in [5.74, 6) is 1.31. The Balaban J connectivity index is 2.44. The zero-order valence-corrected chi connectivity index (χ0v) is 13.3. The summed E-state index contributed by atoms with van der Waals surface area (Å²) in [5, 5.41) is 10.6. The number of methoxy groups -OCH3 is 2. The lowest BCUT2D eigenvalue weighted by Gasteiger charge is -2.18. The minimum atomic E-state index is -0.732. The first-order valence-corrected chi connectivity index (χ1v) is 7.02. The van der Waals surface area contributed by atoms with E-state index < -0.39 is 6.10 Å². The van der Waals surface area contributed by atoms with Crippen molar-refractivity contribution >= 4 is 15.9 Å². The number of hydrogen-bond acceptors (Lipinski definition) is 3. The molecule has 0 saturated heterocycles. The molecule has 0 saturated carbocycles. The van der Waals surface area contributed by atoms with Gasteiger partial charge in [-0.05, 0) is 42.3 Å². The summed E-state index contributed by atoms with van der Waals surface area (Å²) in [6.45, 7) is 1.97. The van der Waals surface area contributed by atoms with Crippen LogP contribution in [-0.4, -0.2) is 19.3 Å². The van der Waals surface area contributed by atoms with Crippen molar-refractivity contribution in [2.45, 2.75) is 13.0 Å². The molecule has 1 unspecified atom stereocenters. The molecule has 4 heteroatoms. The zero-order chi connectivity index (χ0) is 14.7. The van der Waals surface area contributed by atoms with Crippen molar-refractivity contribution in [2.75, 3.05) is 14.2 Å². The van der Waals surface area contributed by atoms with Gasteiger partial charge in [-0.3, -0.25) is 0 Å². The van der Waals surface area contributed by atoms with Crippen LogP contribution in [0.25, 0.3) is 0 Å². The SMILES string of the molecule is COc1ccc(C(O)c2ccc(Br)cc2C)c(OC)c1. The molecule has 0 fully saturated rings. The van der Waals surface area contributed by atoms with Gasteiger partial charge in [-0.15, -0.1) is 0 Å². The molecule has 0 amide bonds. The van der Waals surface area contributed by atoms with E-state index in [1.807, 2.05) is 37.3 Å². The Morgan fingerprint density at radius 1 is 1.00 bits per heavy atom. The van der Waals surface area contributed by atoms with Crippen LogP contribution in [0.2, 0.25) is 0 Å². The number of halogens is 1. The molecular formula is C16H17BrO3. The second-order valence-corrected chi connectivity index (χ2v) is 5.43. The fraction of sp³-hybridized carbons (Fsp3) is 0.250. The van der Waals surface area contributed by atoms with Crippen LogP contribution in [0.1, 0.15) is 22.8 Å². The van der Waals surface area contributed by atoms with Gasteiger partial charge in [0.05, 0.1) is 14.2 Å². The number of hydrogen-bond donors (Lipinski definition) is 1. The van der Waals surface area contributed by atoms with Crippen LogP contribution in [0.15, 0.2) is 40.9 Å². The van der Waals surface area contributed by atoms with Gasteiger partial charge in [0.2, 0.25) is 0 Å². The Labute approximate surface area is 127 Å². The Hall–Kier alpha value is -1.52. The average molecular weight is 337 g/mol. The summed E-state index contributed by atoms with van der Waals surface area (Å²) in [7, 11) is 3.18. The molecule has 2 rings (SSSR count). The smallest absolute Gasteiger partial charge is 0.128 e. The summed E-state index contributed by atoms with van der Waals surface area (Å²) < 4.78 is 11.5. The first-order valence-electron chi connectivity index (χ1n) is 6.23. The fourth-order valence-electron chi connectivity index (χ4n) is 2.16. The maximum Gasteiger partial charge on any atom is 0.128 e. The lowest BCUT2D eigenvalue weighted by atomic mass is 9.97. The van der Waals surface area contributed by atoms with Crippen molar-refractivity contribution in [3.8, 4) is 11.5 Å². The van der Waals surface area contributed by atoms with E-state index in [9.17, 15) is 5.11 Å². The van der Waals surface area contributed by atoms with Gasteiger partial charge in [-0.25, -0.2) is 0 Å². The van der Waals surface area contributed by atoms with E-state index in [0.717, 1.165) is 21.2 Å². The van der Waals surface area contributed by atoms with Crippen molar-refractivity contribution < 1.29 is 14.6 Å². The van der Waals surface area contributed by atoms with Crippen LogP contribution in [0, 0.1) is 6.92 Å². The topological polar surface area (TPSA) is 38.7 Å². The molecule has 1 atom stereocenters. The van der Waals surface area contributed by atoms with Crippen LogP contribution >= 0.6 is 15.9 Å². The predicted octanol–water partition coefficient (Wildman–Crippen LogP) is 3.86. The molecule has 0 aliphatic rings. The highest BCUT2D eigenvalue weighted by atomic mass is 79.9. The summed E-state index contributed by atoms with van der Waals surface area (Å²) in [6.07, 6.45) is -0.732. The molecule has 0 spiro atoms. The Morgan fingerprint density at radius 3 is 2.30 bits per heavy atom. The molecule has 0 aromatic heterocycles. The fourth-order valence-corrected chi connectivity index (χ4v) is 2.63. The number of aryl methyl sites for hydroxylation is 1. The Morgan fingerprint density at radius 2 is 1.70 bits per heavy atom. The minimum Gasteiger partial charge on any atom is -0.497 e. The third kappa shape index (κ3) is 2.97. The van der Waals surface area contributed by atoms with E-state index in [1.54, 1.807) is 20.3 Å². The molecule has 2 aromatic carbocycles. The van der Waals surface area contributed by atoms with Crippen molar-refractivity contribution in [3.63, 3.8) is 0 Å². The molecule has 20 heavy (non-hydrogen) atoms. The normalized spacial score (nSPS) is 12.1. The molecule has 3 nitrogen and oxygen atoms in total. The van der Waals surface area contributed by atoms with Crippen LogP contribution in [-0.2, 0) is 0 Å². The van der Waals surface area contributed by atoms with E-state index in [-0.39, 0.29) is 0 Å². The molecule has 0 bridgehead atoms. The third-order valence-electron chi connectivity index (χ3n) is 3.26.